The van der Waals surface area contributed by atoms with E-state index in [9.17, 15) is 32.6 Å². The highest BCUT2D eigenvalue weighted by atomic mass is 35.5. The van der Waals surface area contributed by atoms with Crippen LogP contribution >= 0.6 is 50.5 Å². The summed E-state index contributed by atoms with van der Waals surface area (Å²) in [5.41, 5.74) is -2.25. The molecule has 2 aromatic rings. The van der Waals surface area contributed by atoms with Gasteiger partial charge in [0.1, 0.15) is 17.1 Å². The maximum atomic E-state index is 12.7. The van der Waals surface area contributed by atoms with Crippen molar-refractivity contribution in [2.75, 3.05) is 17.3 Å². The summed E-state index contributed by atoms with van der Waals surface area (Å²) in [6.45, 7) is 6.58. The van der Waals surface area contributed by atoms with Crippen LogP contribution in [0.2, 0.25) is 5.02 Å². The van der Waals surface area contributed by atoms with Gasteiger partial charge in [0.25, 0.3) is 5.69 Å². The SMILES string of the molecule is CCCCSP(=O)(SCCCC)SCCCC.O=C(O)c1cc(Oc2ccc(C(F)(F)F)cc2Cl)ccc1[N+](=O)[O-]. The molecule has 2 aromatic carbocycles. The molecule has 7 nitrogen and oxygen atoms in total. The number of carboxylic acids is 1. The Balaban J connectivity index is 0.000000438. The molecule has 2 rings (SSSR count). The lowest BCUT2D eigenvalue weighted by atomic mass is 10.1. The van der Waals surface area contributed by atoms with Crippen LogP contribution in [0.1, 0.15) is 75.2 Å². The second kappa shape index (κ2) is 18.9. The van der Waals surface area contributed by atoms with Gasteiger partial charge in [-0.3, -0.25) is 14.7 Å². The fourth-order valence-corrected chi connectivity index (χ4v) is 15.1. The summed E-state index contributed by atoms with van der Waals surface area (Å²) in [7, 11) is 0. The van der Waals surface area contributed by atoms with E-state index >= 15 is 0 Å². The van der Waals surface area contributed by atoms with Crippen molar-refractivity contribution in [3.8, 4) is 11.5 Å². The van der Waals surface area contributed by atoms with Crippen molar-refractivity contribution in [2.24, 2.45) is 0 Å². The van der Waals surface area contributed by atoms with Gasteiger partial charge in [0.15, 0.2) is 0 Å². The van der Waals surface area contributed by atoms with Crippen LogP contribution in [0.3, 0.4) is 0 Å². The molecule has 0 aliphatic heterocycles. The van der Waals surface area contributed by atoms with Gasteiger partial charge in [-0.25, -0.2) is 4.79 Å². The molecular weight excluding hydrogens is 642 g/mol. The van der Waals surface area contributed by atoms with E-state index in [4.69, 9.17) is 21.4 Å². The third-order valence-electron chi connectivity index (χ3n) is 5.12. The first-order chi connectivity index (χ1) is 19.3. The number of ether oxygens (including phenoxy) is 1. The molecule has 0 saturated heterocycles. The second-order valence-corrected chi connectivity index (χ2v) is 20.8. The monoisotopic (exact) mass is 675 g/mol. The molecule has 0 spiro atoms. The predicted molar refractivity (Wildman–Crippen MR) is 166 cm³/mol. The van der Waals surface area contributed by atoms with Crippen molar-refractivity contribution in [1.82, 2.24) is 0 Å². The number of unbranched alkanes of at least 4 members (excludes halogenated alkanes) is 3. The summed E-state index contributed by atoms with van der Waals surface area (Å²) in [5, 5.41) is 19.4. The smallest absolute Gasteiger partial charge is 0.416 e. The Labute approximate surface area is 255 Å². The van der Waals surface area contributed by atoms with Gasteiger partial charge < -0.3 is 9.84 Å². The molecule has 41 heavy (non-hydrogen) atoms. The summed E-state index contributed by atoms with van der Waals surface area (Å²) < 4.78 is 53.6. The first kappa shape index (κ1) is 37.5. The Bertz CT molecular complexity index is 1160. The van der Waals surface area contributed by atoms with E-state index in [1.807, 2.05) is 0 Å². The van der Waals surface area contributed by atoms with Crippen molar-refractivity contribution in [3.63, 3.8) is 0 Å². The Morgan fingerprint density at radius 1 is 0.976 bits per heavy atom. The number of nitro groups is 1. The molecule has 15 heteroatoms. The fourth-order valence-electron chi connectivity index (χ4n) is 2.87. The first-order valence-corrected chi connectivity index (χ1v) is 19.7. The average molecular weight is 676 g/mol. The summed E-state index contributed by atoms with van der Waals surface area (Å²) in [4.78, 5) is 20.9. The van der Waals surface area contributed by atoms with Crippen molar-refractivity contribution < 1.29 is 37.3 Å². The summed E-state index contributed by atoms with van der Waals surface area (Å²) in [5.74, 6) is 1.35. The molecular formula is C26H34ClF3NO6PS3. The van der Waals surface area contributed by atoms with Crippen LogP contribution in [0.5, 0.6) is 11.5 Å². The number of alkyl halides is 3. The predicted octanol–water partition coefficient (Wildman–Crippen LogP) is 11.5. The summed E-state index contributed by atoms with van der Waals surface area (Å²) in [6.07, 6.45) is 2.60. The highest BCUT2D eigenvalue weighted by Crippen LogP contribution is 2.78. The number of carbonyl (C=O) groups is 1. The molecule has 0 heterocycles. The molecule has 1 N–H and O–H groups in total. The van der Waals surface area contributed by atoms with Gasteiger partial charge in [0.2, 0.25) is 4.75 Å². The number of nitrogens with zero attached hydrogens (tertiary/aromatic N) is 1. The van der Waals surface area contributed by atoms with Crippen LogP contribution in [0.15, 0.2) is 36.4 Å². The van der Waals surface area contributed by atoms with E-state index in [0.717, 1.165) is 47.6 Å². The molecule has 0 bridgehead atoms. The molecule has 0 aliphatic rings. The van der Waals surface area contributed by atoms with Gasteiger partial charge in [-0.15, -0.1) is 0 Å². The number of aromatic carboxylic acids is 1. The van der Waals surface area contributed by atoms with E-state index in [-0.39, 0.29) is 16.5 Å². The van der Waals surface area contributed by atoms with E-state index < -0.39 is 38.6 Å². The quantitative estimate of drug-likeness (QED) is 0.0804. The summed E-state index contributed by atoms with van der Waals surface area (Å²) in [6, 6.07) is 5.27. The van der Waals surface area contributed by atoms with Crippen LogP contribution < -0.4 is 4.74 Å². The molecule has 0 unspecified atom stereocenters. The maximum absolute atomic E-state index is 12.7. The van der Waals surface area contributed by atoms with Crippen LogP contribution in [0, 0.1) is 10.1 Å². The highest BCUT2D eigenvalue weighted by Gasteiger charge is 2.31. The maximum Gasteiger partial charge on any atom is 0.416 e. The zero-order chi connectivity index (χ0) is 31.1. The van der Waals surface area contributed by atoms with Gasteiger partial charge in [0.05, 0.1) is 15.5 Å². The Morgan fingerprint density at radius 2 is 1.49 bits per heavy atom. The van der Waals surface area contributed by atoms with Gasteiger partial charge in [-0.05, 0) is 43.5 Å². The molecule has 0 fully saturated rings. The average Bonchev–Trinajstić information content (AvgIpc) is 2.90. The largest absolute Gasteiger partial charge is 0.477 e. The van der Waals surface area contributed by atoms with Crippen LogP contribution in [-0.4, -0.2) is 33.3 Å². The molecule has 0 atom stereocenters. The molecule has 0 saturated carbocycles. The van der Waals surface area contributed by atoms with Crippen molar-refractivity contribution in [3.05, 3.63) is 62.7 Å². The minimum atomic E-state index is -4.58. The van der Waals surface area contributed by atoms with Crippen molar-refractivity contribution in [2.45, 2.75) is 65.5 Å². The Morgan fingerprint density at radius 3 is 1.88 bits per heavy atom. The zero-order valence-corrected chi connectivity index (χ0v) is 27.0. The second-order valence-electron chi connectivity index (χ2n) is 8.49. The molecule has 0 radical (unpaired) electrons. The number of hydrogen-bond donors (Lipinski definition) is 1. The summed E-state index contributed by atoms with van der Waals surface area (Å²) >= 11 is 10.9. The number of nitro benzene ring substituents is 1. The highest BCUT2D eigenvalue weighted by molar-refractivity contribution is 9.14. The lowest BCUT2D eigenvalue weighted by Gasteiger charge is -2.15. The molecule has 0 aliphatic carbocycles. The minimum Gasteiger partial charge on any atom is -0.477 e. The Kier molecular flexibility index (Phi) is 17.3. The molecule has 0 amide bonds. The van der Waals surface area contributed by atoms with Crippen molar-refractivity contribution >= 4 is 62.2 Å². The van der Waals surface area contributed by atoms with Gasteiger partial charge in [-0.1, -0.05) is 85.8 Å². The van der Waals surface area contributed by atoms with Gasteiger partial charge >= 0.3 is 12.1 Å². The fraction of sp³-hybridized carbons (Fsp3) is 0.500. The van der Waals surface area contributed by atoms with Crippen LogP contribution in [0.4, 0.5) is 18.9 Å². The number of halogens is 4. The standard InChI is InChI=1S/C14H7ClF3NO5.C12H27OPS3/c15-10-5-7(14(16,17)18)1-4-12(10)24-8-2-3-11(19(22)23)9(6-8)13(20)21;1-4-7-10-15-14(13,16-11-8-5-2)17-12-9-6-3/h1-6H,(H,20,21);4-12H2,1-3H3. The van der Waals surface area contributed by atoms with E-state index in [1.165, 1.54) is 38.5 Å². The number of rotatable bonds is 16. The minimum absolute atomic E-state index is 0.125. The number of hydrogen-bond acceptors (Lipinski definition) is 8. The van der Waals surface area contributed by atoms with Gasteiger partial charge in [0, 0.05) is 29.4 Å². The van der Waals surface area contributed by atoms with Gasteiger partial charge in [-0.2, -0.15) is 13.2 Å². The molecule has 230 valence electrons. The van der Waals surface area contributed by atoms with Crippen LogP contribution in [0.25, 0.3) is 0 Å². The van der Waals surface area contributed by atoms with Crippen LogP contribution in [-0.2, 0) is 10.7 Å². The number of benzene rings is 2. The van der Waals surface area contributed by atoms with E-state index in [1.54, 1.807) is 34.1 Å². The Hall–Kier alpha value is -1.53. The normalized spacial score (nSPS) is 11.5. The van der Waals surface area contributed by atoms with E-state index in [0.29, 0.717) is 6.07 Å². The van der Waals surface area contributed by atoms with E-state index in [2.05, 4.69) is 20.8 Å². The third kappa shape index (κ3) is 14.0. The third-order valence-corrected chi connectivity index (χ3v) is 18.0. The lowest BCUT2D eigenvalue weighted by molar-refractivity contribution is -0.385. The number of carboxylic acid groups (broad SMARTS) is 1. The van der Waals surface area contributed by atoms with Crippen molar-refractivity contribution in [1.29, 1.82) is 0 Å². The first-order valence-electron chi connectivity index (χ1n) is 12.9. The zero-order valence-electron chi connectivity index (χ0n) is 22.9. The topological polar surface area (TPSA) is 107 Å². The lowest BCUT2D eigenvalue weighted by Crippen LogP contribution is -2.05. The molecule has 0 aromatic heterocycles.